The molecule has 1 aromatic heterocycles. The van der Waals surface area contributed by atoms with E-state index in [9.17, 15) is 9.59 Å². The molecule has 0 fully saturated rings. The van der Waals surface area contributed by atoms with Crippen LogP contribution >= 0.6 is 0 Å². The molecule has 0 atom stereocenters. The van der Waals surface area contributed by atoms with Gasteiger partial charge in [-0.2, -0.15) is 0 Å². The third-order valence-corrected chi connectivity index (χ3v) is 3.10. The SMILES string of the molecule is CC.COC=O.Cn1ccc(=O)n(Cc2cccc(CCN)c2)c1=O. The lowest BCUT2D eigenvalue weighted by Gasteiger charge is -2.08. The highest BCUT2D eigenvalue weighted by Crippen LogP contribution is 2.06. The topological polar surface area (TPSA) is 96.3 Å². The third kappa shape index (κ3) is 7.63. The van der Waals surface area contributed by atoms with Gasteiger partial charge in [0.15, 0.2) is 0 Å². The van der Waals surface area contributed by atoms with Crippen molar-refractivity contribution < 1.29 is 9.53 Å². The van der Waals surface area contributed by atoms with Gasteiger partial charge in [-0.25, -0.2) is 4.79 Å². The lowest BCUT2D eigenvalue weighted by atomic mass is 10.1. The summed E-state index contributed by atoms with van der Waals surface area (Å²) < 4.78 is 6.48. The molecule has 2 rings (SSSR count). The van der Waals surface area contributed by atoms with Gasteiger partial charge in [-0.3, -0.25) is 14.2 Å². The maximum absolute atomic E-state index is 11.9. The highest BCUT2D eigenvalue weighted by molar-refractivity contribution is 5.36. The zero-order valence-corrected chi connectivity index (χ0v) is 15.3. The smallest absolute Gasteiger partial charge is 0.331 e. The molecule has 0 saturated heterocycles. The first-order valence-electron chi connectivity index (χ1n) is 8.04. The number of hydrogen-bond acceptors (Lipinski definition) is 5. The fraction of sp³-hybridized carbons (Fsp3) is 0.389. The van der Waals surface area contributed by atoms with Gasteiger partial charge in [0.2, 0.25) is 0 Å². The first-order valence-corrected chi connectivity index (χ1v) is 8.04. The second-order valence-corrected chi connectivity index (χ2v) is 4.82. The standard InChI is InChI=1S/C14H17N3O2.C2H4O2.C2H6/c1-16-8-6-13(18)17(14(16)19)10-12-4-2-3-11(9-12)5-7-15;1-4-2-3;1-2/h2-4,6,8-9H,5,7,10,15H2,1H3;2H,1H3;1-2H3. The number of ether oxygens (including phenoxy) is 1. The molecule has 0 aliphatic heterocycles. The molecule has 2 aromatic rings. The van der Waals surface area contributed by atoms with Crippen LogP contribution in [0, 0.1) is 0 Å². The zero-order chi connectivity index (χ0) is 19.2. The quantitative estimate of drug-likeness (QED) is 0.810. The van der Waals surface area contributed by atoms with Gasteiger partial charge in [-0.1, -0.05) is 38.1 Å². The molecule has 0 saturated carbocycles. The van der Waals surface area contributed by atoms with Crippen LogP contribution < -0.4 is 17.0 Å². The van der Waals surface area contributed by atoms with Gasteiger partial charge in [0.25, 0.3) is 12.0 Å². The van der Waals surface area contributed by atoms with Crippen LogP contribution in [0.4, 0.5) is 0 Å². The van der Waals surface area contributed by atoms with E-state index in [1.165, 1.54) is 28.5 Å². The normalized spacial score (nSPS) is 9.16. The Kier molecular flexibility index (Phi) is 11.4. The molecule has 2 N–H and O–H groups in total. The first kappa shape index (κ1) is 22.3. The van der Waals surface area contributed by atoms with E-state index in [-0.39, 0.29) is 17.8 Å². The molecule has 0 amide bonds. The monoisotopic (exact) mass is 349 g/mol. The van der Waals surface area contributed by atoms with E-state index in [4.69, 9.17) is 10.5 Å². The Morgan fingerprint density at radius 1 is 1.16 bits per heavy atom. The molecular formula is C18H27N3O4. The number of rotatable bonds is 5. The summed E-state index contributed by atoms with van der Waals surface area (Å²) >= 11 is 0. The Balaban J connectivity index is 0.000000845. The summed E-state index contributed by atoms with van der Waals surface area (Å²) in [6, 6.07) is 9.18. The van der Waals surface area contributed by atoms with Crippen molar-refractivity contribution in [1.82, 2.24) is 9.13 Å². The van der Waals surface area contributed by atoms with Gasteiger partial charge in [0.1, 0.15) is 0 Å². The molecule has 1 aromatic carbocycles. The molecule has 0 aliphatic carbocycles. The van der Waals surface area contributed by atoms with Gasteiger partial charge < -0.3 is 15.0 Å². The average Bonchev–Trinajstić information content (AvgIpc) is 2.64. The minimum atomic E-state index is -0.309. The molecule has 0 aliphatic rings. The Labute approximate surface area is 147 Å². The number of hydrogen-bond donors (Lipinski definition) is 1. The minimum Gasteiger partial charge on any atom is -0.471 e. The van der Waals surface area contributed by atoms with Gasteiger partial charge in [0, 0.05) is 19.3 Å². The minimum absolute atomic E-state index is 0.282. The summed E-state index contributed by atoms with van der Waals surface area (Å²) in [5, 5.41) is 0. The Bertz CT molecular complexity index is 750. The van der Waals surface area contributed by atoms with Gasteiger partial charge in [0.05, 0.1) is 13.7 Å². The number of carbonyl (C=O) groups excluding carboxylic acids is 1. The summed E-state index contributed by atoms with van der Waals surface area (Å²) in [4.78, 5) is 32.6. The molecule has 138 valence electrons. The fourth-order valence-electron chi connectivity index (χ4n) is 1.99. The summed E-state index contributed by atoms with van der Waals surface area (Å²) in [6.07, 6.45) is 2.27. The van der Waals surface area contributed by atoms with Crippen molar-refractivity contribution in [2.24, 2.45) is 12.8 Å². The lowest BCUT2D eigenvalue weighted by Crippen LogP contribution is -2.38. The van der Waals surface area contributed by atoms with Crippen molar-refractivity contribution in [3.05, 3.63) is 68.5 Å². The van der Waals surface area contributed by atoms with E-state index < -0.39 is 0 Å². The molecule has 7 heteroatoms. The Morgan fingerprint density at radius 3 is 2.32 bits per heavy atom. The van der Waals surface area contributed by atoms with E-state index in [1.807, 2.05) is 38.1 Å². The Hall–Kier alpha value is -2.67. The predicted molar refractivity (Wildman–Crippen MR) is 98.7 cm³/mol. The molecule has 0 spiro atoms. The van der Waals surface area contributed by atoms with Crippen LogP contribution in [-0.4, -0.2) is 29.3 Å². The van der Waals surface area contributed by atoms with E-state index in [1.54, 1.807) is 7.05 Å². The van der Waals surface area contributed by atoms with Crippen LogP contribution in [-0.2, 0) is 29.5 Å². The average molecular weight is 349 g/mol. The van der Waals surface area contributed by atoms with Gasteiger partial charge in [-0.15, -0.1) is 0 Å². The predicted octanol–water partition coefficient (Wildman–Crippen LogP) is 0.912. The first-order chi connectivity index (χ1) is 12.0. The van der Waals surface area contributed by atoms with Crippen LogP contribution in [0.2, 0.25) is 0 Å². The van der Waals surface area contributed by atoms with Gasteiger partial charge >= 0.3 is 5.69 Å². The molecule has 1 heterocycles. The second-order valence-electron chi connectivity index (χ2n) is 4.82. The lowest BCUT2D eigenvalue weighted by molar-refractivity contribution is -0.126. The van der Waals surface area contributed by atoms with E-state index >= 15 is 0 Å². The zero-order valence-electron chi connectivity index (χ0n) is 15.3. The van der Waals surface area contributed by atoms with Crippen molar-refractivity contribution in [2.45, 2.75) is 26.8 Å². The van der Waals surface area contributed by atoms with Crippen molar-refractivity contribution in [2.75, 3.05) is 13.7 Å². The number of aryl methyl sites for hydroxylation is 1. The number of aromatic nitrogens is 2. The summed E-state index contributed by atoms with van der Waals surface area (Å²) in [6.45, 7) is 5.24. The van der Waals surface area contributed by atoms with Crippen LogP contribution in [0.15, 0.2) is 46.1 Å². The molecule has 0 radical (unpaired) electrons. The summed E-state index contributed by atoms with van der Waals surface area (Å²) in [7, 11) is 2.94. The van der Waals surface area contributed by atoms with Crippen molar-refractivity contribution in [3.8, 4) is 0 Å². The van der Waals surface area contributed by atoms with E-state index in [2.05, 4.69) is 4.74 Å². The molecule has 7 nitrogen and oxygen atoms in total. The maximum atomic E-state index is 11.9. The number of carbonyl (C=O) groups is 1. The highest BCUT2D eigenvalue weighted by atomic mass is 16.5. The Morgan fingerprint density at radius 2 is 1.76 bits per heavy atom. The largest absolute Gasteiger partial charge is 0.471 e. The van der Waals surface area contributed by atoms with Gasteiger partial charge in [-0.05, 0) is 24.1 Å². The highest BCUT2D eigenvalue weighted by Gasteiger charge is 2.04. The number of nitrogens with zero attached hydrogens (tertiary/aromatic N) is 2. The fourth-order valence-corrected chi connectivity index (χ4v) is 1.99. The van der Waals surface area contributed by atoms with E-state index in [0.717, 1.165) is 17.5 Å². The van der Waals surface area contributed by atoms with Crippen LogP contribution in [0.1, 0.15) is 25.0 Å². The number of methoxy groups -OCH3 is 1. The number of nitrogens with two attached hydrogens (primary N) is 1. The maximum Gasteiger partial charge on any atom is 0.331 e. The van der Waals surface area contributed by atoms with Crippen LogP contribution in [0.5, 0.6) is 0 Å². The van der Waals surface area contributed by atoms with Crippen molar-refractivity contribution in [3.63, 3.8) is 0 Å². The van der Waals surface area contributed by atoms with E-state index in [0.29, 0.717) is 13.0 Å². The second kappa shape index (κ2) is 12.7. The molecule has 25 heavy (non-hydrogen) atoms. The third-order valence-electron chi connectivity index (χ3n) is 3.10. The summed E-state index contributed by atoms with van der Waals surface area (Å²) in [5.41, 5.74) is 6.97. The van der Waals surface area contributed by atoms with Crippen LogP contribution in [0.3, 0.4) is 0 Å². The molecule has 0 bridgehead atoms. The summed E-state index contributed by atoms with van der Waals surface area (Å²) in [5.74, 6) is 0. The number of benzene rings is 1. The molecule has 0 unspecified atom stereocenters. The molecular weight excluding hydrogens is 322 g/mol. The van der Waals surface area contributed by atoms with Crippen molar-refractivity contribution >= 4 is 6.47 Å². The van der Waals surface area contributed by atoms with Crippen LogP contribution in [0.25, 0.3) is 0 Å². The van der Waals surface area contributed by atoms with Crippen molar-refractivity contribution in [1.29, 1.82) is 0 Å².